The van der Waals surface area contributed by atoms with E-state index in [9.17, 15) is 0 Å². The van der Waals surface area contributed by atoms with Gasteiger partial charge in [-0.2, -0.15) is 0 Å². The van der Waals surface area contributed by atoms with E-state index in [0.717, 1.165) is 17.8 Å². The number of hydrogen-bond donors (Lipinski definition) is 1. The zero-order valence-corrected chi connectivity index (χ0v) is 8.92. The Morgan fingerprint density at radius 3 is 2.54 bits per heavy atom. The van der Waals surface area contributed by atoms with Crippen LogP contribution >= 0.6 is 0 Å². The van der Waals surface area contributed by atoms with Gasteiger partial charge in [0.1, 0.15) is 0 Å². The SMILES string of the molecule is C[C@@H]1CNC[C@H]1CN(C)CC1CC1. The second-order valence-corrected chi connectivity index (χ2v) is 5.06. The van der Waals surface area contributed by atoms with Crippen LogP contribution in [0.3, 0.4) is 0 Å². The summed E-state index contributed by atoms with van der Waals surface area (Å²) in [5.74, 6) is 2.81. The van der Waals surface area contributed by atoms with Gasteiger partial charge in [0.2, 0.25) is 0 Å². The highest BCUT2D eigenvalue weighted by atomic mass is 15.1. The van der Waals surface area contributed by atoms with Gasteiger partial charge in [-0.15, -0.1) is 0 Å². The van der Waals surface area contributed by atoms with Crippen LogP contribution in [0.5, 0.6) is 0 Å². The van der Waals surface area contributed by atoms with Gasteiger partial charge in [-0.3, -0.25) is 0 Å². The van der Waals surface area contributed by atoms with E-state index in [1.54, 1.807) is 0 Å². The topological polar surface area (TPSA) is 15.3 Å². The molecule has 1 aliphatic carbocycles. The largest absolute Gasteiger partial charge is 0.316 e. The molecule has 0 aromatic carbocycles. The molecule has 1 saturated carbocycles. The van der Waals surface area contributed by atoms with Gasteiger partial charge in [0.05, 0.1) is 0 Å². The van der Waals surface area contributed by atoms with Gasteiger partial charge < -0.3 is 10.2 Å². The fraction of sp³-hybridized carbons (Fsp3) is 1.00. The van der Waals surface area contributed by atoms with Crippen molar-refractivity contribution in [3.05, 3.63) is 0 Å². The minimum absolute atomic E-state index is 0.877. The highest BCUT2D eigenvalue weighted by Crippen LogP contribution is 2.29. The van der Waals surface area contributed by atoms with E-state index in [1.807, 2.05) is 0 Å². The molecule has 2 aliphatic rings. The predicted molar refractivity (Wildman–Crippen MR) is 55.7 cm³/mol. The van der Waals surface area contributed by atoms with Gasteiger partial charge in [-0.25, -0.2) is 0 Å². The van der Waals surface area contributed by atoms with E-state index >= 15 is 0 Å². The summed E-state index contributed by atoms with van der Waals surface area (Å²) in [6.45, 7) is 7.46. The monoisotopic (exact) mass is 182 g/mol. The Kier molecular flexibility index (Phi) is 2.89. The third kappa shape index (κ3) is 2.68. The Hall–Kier alpha value is -0.0800. The molecule has 2 nitrogen and oxygen atoms in total. The second kappa shape index (κ2) is 3.97. The lowest BCUT2D eigenvalue weighted by Crippen LogP contribution is -2.30. The van der Waals surface area contributed by atoms with Gasteiger partial charge in [0.25, 0.3) is 0 Å². The van der Waals surface area contributed by atoms with E-state index < -0.39 is 0 Å². The normalized spacial score (nSPS) is 34.4. The molecule has 76 valence electrons. The smallest absolute Gasteiger partial charge is 0.00219 e. The fourth-order valence-electron chi connectivity index (χ4n) is 2.32. The molecule has 0 bridgehead atoms. The molecular weight excluding hydrogens is 160 g/mol. The molecule has 2 heteroatoms. The lowest BCUT2D eigenvalue weighted by Gasteiger charge is -2.22. The summed E-state index contributed by atoms with van der Waals surface area (Å²) in [6, 6.07) is 0. The lowest BCUT2D eigenvalue weighted by atomic mass is 9.98. The van der Waals surface area contributed by atoms with Crippen LogP contribution in [0.2, 0.25) is 0 Å². The average molecular weight is 182 g/mol. The minimum atomic E-state index is 0.877. The molecule has 0 aromatic heterocycles. The van der Waals surface area contributed by atoms with Crippen molar-refractivity contribution in [1.29, 1.82) is 0 Å². The molecule has 0 unspecified atom stereocenters. The summed E-state index contributed by atoms with van der Waals surface area (Å²) in [4.78, 5) is 2.53. The van der Waals surface area contributed by atoms with Crippen molar-refractivity contribution in [1.82, 2.24) is 10.2 Å². The van der Waals surface area contributed by atoms with Crippen molar-refractivity contribution in [3.8, 4) is 0 Å². The molecule has 2 rings (SSSR count). The maximum atomic E-state index is 3.47. The average Bonchev–Trinajstić information content (AvgIpc) is 2.79. The summed E-state index contributed by atoms with van der Waals surface area (Å²) in [6.07, 6.45) is 2.95. The first-order valence-corrected chi connectivity index (χ1v) is 5.65. The highest BCUT2D eigenvalue weighted by Gasteiger charge is 2.27. The third-order valence-electron chi connectivity index (χ3n) is 3.49. The zero-order valence-electron chi connectivity index (χ0n) is 8.92. The molecular formula is C11H22N2. The van der Waals surface area contributed by atoms with Crippen LogP contribution in [-0.4, -0.2) is 38.1 Å². The Balaban J connectivity index is 1.69. The number of hydrogen-bond acceptors (Lipinski definition) is 2. The van der Waals surface area contributed by atoms with Crippen LogP contribution < -0.4 is 5.32 Å². The molecule has 0 aromatic rings. The van der Waals surface area contributed by atoms with Crippen molar-refractivity contribution in [2.45, 2.75) is 19.8 Å². The molecule has 1 saturated heterocycles. The van der Waals surface area contributed by atoms with Crippen molar-refractivity contribution < 1.29 is 0 Å². The Morgan fingerprint density at radius 2 is 2.00 bits per heavy atom. The Labute approximate surface area is 81.7 Å². The van der Waals surface area contributed by atoms with Gasteiger partial charge in [-0.1, -0.05) is 6.92 Å². The molecule has 0 amide bonds. The van der Waals surface area contributed by atoms with Crippen LogP contribution in [-0.2, 0) is 0 Å². The lowest BCUT2D eigenvalue weighted by molar-refractivity contribution is 0.251. The van der Waals surface area contributed by atoms with Crippen LogP contribution in [0.15, 0.2) is 0 Å². The van der Waals surface area contributed by atoms with Gasteiger partial charge >= 0.3 is 0 Å². The zero-order chi connectivity index (χ0) is 9.26. The number of nitrogens with zero attached hydrogens (tertiary/aromatic N) is 1. The molecule has 0 radical (unpaired) electrons. The second-order valence-electron chi connectivity index (χ2n) is 5.06. The van der Waals surface area contributed by atoms with E-state index in [-0.39, 0.29) is 0 Å². The Morgan fingerprint density at radius 1 is 1.23 bits per heavy atom. The van der Waals surface area contributed by atoms with E-state index in [4.69, 9.17) is 0 Å². The number of rotatable bonds is 4. The van der Waals surface area contributed by atoms with Crippen molar-refractivity contribution in [2.75, 3.05) is 33.2 Å². The quantitative estimate of drug-likeness (QED) is 0.702. The molecule has 1 heterocycles. The third-order valence-corrected chi connectivity index (χ3v) is 3.49. The number of nitrogens with one attached hydrogen (secondary N) is 1. The van der Waals surface area contributed by atoms with Gasteiger partial charge in [-0.05, 0) is 50.7 Å². The molecule has 13 heavy (non-hydrogen) atoms. The van der Waals surface area contributed by atoms with Crippen LogP contribution in [0.25, 0.3) is 0 Å². The fourth-order valence-corrected chi connectivity index (χ4v) is 2.32. The van der Waals surface area contributed by atoms with Crippen LogP contribution in [0, 0.1) is 17.8 Å². The summed E-state index contributed by atoms with van der Waals surface area (Å²) < 4.78 is 0. The van der Waals surface area contributed by atoms with Crippen molar-refractivity contribution >= 4 is 0 Å². The first-order chi connectivity index (χ1) is 6.25. The first-order valence-electron chi connectivity index (χ1n) is 5.65. The molecule has 2 atom stereocenters. The molecule has 2 fully saturated rings. The van der Waals surface area contributed by atoms with Crippen molar-refractivity contribution in [2.24, 2.45) is 17.8 Å². The van der Waals surface area contributed by atoms with E-state index in [0.29, 0.717) is 0 Å². The minimum Gasteiger partial charge on any atom is -0.316 e. The standard InChI is InChI=1S/C11H22N2/c1-9-5-12-6-11(9)8-13(2)7-10-3-4-10/h9-12H,3-8H2,1-2H3/t9-,11+/m1/s1. The first kappa shape index (κ1) is 9.47. The van der Waals surface area contributed by atoms with Gasteiger partial charge in [0.15, 0.2) is 0 Å². The van der Waals surface area contributed by atoms with E-state index in [2.05, 4.69) is 24.2 Å². The van der Waals surface area contributed by atoms with Crippen LogP contribution in [0.4, 0.5) is 0 Å². The molecule has 1 N–H and O–H groups in total. The summed E-state index contributed by atoms with van der Waals surface area (Å²) in [5, 5.41) is 3.47. The van der Waals surface area contributed by atoms with Crippen LogP contribution in [0.1, 0.15) is 19.8 Å². The summed E-state index contributed by atoms with van der Waals surface area (Å²) in [7, 11) is 2.28. The highest BCUT2D eigenvalue weighted by molar-refractivity contribution is 4.82. The molecule has 1 aliphatic heterocycles. The van der Waals surface area contributed by atoms with Gasteiger partial charge in [0, 0.05) is 13.1 Å². The summed E-state index contributed by atoms with van der Waals surface area (Å²) in [5.41, 5.74) is 0. The van der Waals surface area contributed by atoms with Crippen molar-refractivity contribution in [3.63, 3.8) is 0 Å². The maximum absolute atomic E-state index is 3.47. The predicted octanol–water partition coefficient (Wildman–Crippen LogP) is 1.18. The summed E-state index contributed by atoms with van der Waals surface area (Å²) >= 11 is 0. The Bertz CT molecular complexity index is 165. The van der Waals surface area contributed by atoms with E-state index in [1.165, 1.54) is 39.0 Å². The maximum Gasteiger partial charge on any atom is 0.00219 e. The molecule has 0 spiro atoms.